The number of fused-ring (bicyclic) bond motifs is 1. The molecule has 0 spiro atoms. The van der Waals surface area contributed by atoms with Gasteiger partial charge < -0.3 is 30.4 Å². The molecule has 15 nitrogen and oxygen atoms in total. The third-order valence-electron chi connectivity index (χ3n) is 11.0. The molecule has 2 aromatic carbocycles. The molecular weight excluding hydrogens is 739 g/mol. The van der Waals surface area contributed by atoms with E-state index in [1.54, 1.807) is 53.4 Å². The van der Waals surface area contributed by atoms with E-state index in [9.17, 15) is 27.6 Å². The van der Waals surface area contributed by atoms with Gasteiger partial charge in [-0.05, 0) is 74.3 Å². The molecule has 3 aromatic rings. The fourth-order valence-corrected chi connectivity index (χ4v) is 8.96. The standard InChI is InChI=1S/C40H53N7O8S/c1-56(52,53)45-32(19-16-26-10-4-2-5-11-26)38(50)47-25-30(54-40(51)46-20-8-3-9-21-46)24-33(47)34(48)23-28(22-27-14-17-29(18-15-27)43-39(41)42)36(49)37-44-31-12-6-7-13-35(31)55-37/h6-7,12-15,17-18,26,28,30,32-33,45H,2-5,8-11,16,19-25H2,1H3,(H4,41,42,43)/t28-,30-,32-,33+/m1/s1. The second kappa shape index (κ2) is 18.4. The topological polar surface area (TPSA) is 221 Å². The minimum atomic E-state index is -3.81. The Morgan fingerprint density at radius 1 is 0.982 bits per heavy atom. The summed E-state index contributed by atoms with van der Waals surface area (Å²) in [5, 5.41) is 0. The maximum atomic E-state index is 14.6. The molecule has 0 radical (unpaired) electrons. The number of aliphatic imine (C=N–C) groups is 1. The molecule has 5 N–H and O–H groups in total. The Morgan fingerprint density at radius 3 is 2.36 bits per heavy atom. The second-order valence-corrected chi connectivity index (χ2v) is 17.2. The number of benzene rings is 2. The van der Waals surface area contributed by atoms with Gasteiger partial charge in [0.2, 0.25) is 21.7 Å². The van der Waals surface area contributed by atoms with E-state index >= 15 is 0 Å². The molecule has 16 heteroatoms. The zero-order chi connectivity index (χ0) is 39.8. The van der Waals surface area contributed by atoms with E-state index in [1.807, 2.05) is 0 Å². The Kier molecular flexibility index (Phi) is 13.4. The van der Waals surface area contributed by atoms with Crippen LogP contribution in [-0.2, 0) is 30.8 Å². The molecule has 1 saturated carbocycles. The zero-order valence-electron chi connectivity index (χ0n) is 31.9. The maximum Gasteiger partial charge on any atom is 0.410 e. The molecule has 6 rings (SSSR count). The number of nitrogens with one attached hydrogen (secondary N) is 1. The smallest absolute Gasteiger partial charge is 0.410 e. The normalized spacial score (nSPS) is 20.4. The summed E-state index contributed by atoms with van der Waals surface area (Å²) in [5.41, 5.74) is 13.2. The molecule has 1 aromatic heterocycles. The highest BCUT2D eigenvalue weighted by molar-refractivity contribution is 7.88. The number of ketones is 2. The molecule has 0 bridgehead atoms. The van der Waals surface area contributed by atoms with Gasteiger partial charge in [-0.2, -0.15) is 0 Å². The lowest BCUT2D eigenvalue weighted by Gasteiger charge is -2.30. The van der Waals surface area contributed by atoms with E-state index in [0.29, 0.717) is 42.2 Å². The highest BCUT2D eigenvalue weighted by Gasteiger charge is 2.45. The van der Waals surface area contributed by atoms with Crippen molar-refractivity contribution in [2.24, 2.45) is 28.3 Å². The van der Waals surface area contributed by atoms with Crippen molar-refractivity contribution < 1.29 is 36.7 Å². The number of amides is 2. The highest BCUT2D eigenvalue weighted by atomic mass is 32.2. The van der Waals surface area contributed by atoms with Gasteiger partial charge in [-0.25, -0.2) is 27.9 Å². The maximum absolute atomic E-state index is 14.6. The average Bonchev–Trinajstić information content (AvgIpc) is 3.81. The van der Waals surface area contributed by atoms with Crippen LogP contribution < -0.4 is 16.2 Å². The van der Waals surface area contributed by atoms with Crippen molar-refractivity contribution in [3.05, 3.63) is 60.0 Å². The number of sulfonamides is 1. The van der Waals surface area contributed by atoms with Crippen LogP contribution in [0.25, 0.3) is 11.1 Å². The predicted molar refractivity (Wildman–Crippen MR) is 210 cm³/mol. The number of ether oxygens (including phenoxy) is 1. The lowest BCUT2D eigenvalue weighted by molar-refractivity contribution is -0.139. The van der Waals surface area contributed by atoms with Crippen molar-refractivity contribution in [2.45, 2.75) is 102 Å². The van der Waals surface area contributed by atoms with E-state index in [1.165, 1.54) is 4.90 Å². The first-order valence-corrected chi connectivity index (χ1v) is 21.6. The molecule has 4 atom stereocenters. The summed E-state index contributed by atoms with van der Waals surface area (Å²) in [5.74, 6) is -2.30. The summed E-state index contributed by atoms with van der Waals surface area (Å²) in [6.45, 7) is 1.03. The molecule has 56 heavy (non-hydrogen) atoms. The van der Waals surface area contributed by atoms with Crippen molar-refractivity contribution in [1.82, 2.24) is 19.5 Å². The van der Waals surface area contributed by atoms with Crippen LogP contribution in [0.3, 0.4) is 0 Å². The molecule has 1 aliphatic carbocycles. The number of nitrogens with zero attached hydrogens (tertiary/aromatic N) is 4. The lowest BCUT2D eigenvalue weighted by Crippen LogP contribution is -2.52. The fourth-order valence-electron chi connectivity index (χ4n) is 8.22. The average molecular weight is 792 g/mol. The third kappa shape index (κ3) is 10.9. The van der Waals surface area contributed by atoms with Crippen LogP contribution in [0.5, 0.6) is 0 Å². The molecule has 2 saturated heterocycles. The quantitative estimate of drug-likeness (QED) is 0.110. The first kappa shape index (κ1) is 40.8. The molecule has 3 heterocycles. The Labute approximate surface area is 327 Å². The van der Waals surface area contributed by atoms with Crippen molar-refractivity contribution in [1.29, 1.82) is 0 Å². The van der Waals surface area contributed by atoms with Gasteiger partial charge in [-0.1, -0.05) is 56.4 Å². The number of hydrogen-bond donors (Lipinski definition) is 3. The summed E-state index contributed by atoms with van der Waals surface area (Å²) in [4.78, 5) is 67.9. The predicted octanol–water partition coefficient (Wildman–Crippen LogP) is 4.60. The van der Waals surface area contributed by atoms with Crippen molar-refractivity contribution in [3.63, 3.8) is 0 Å². The van der Waals surface area contributed by atoms with E-state index in [4.69, 9.17) is 20.6 Å². The number of aromatic nitrogens is 1. The van der Waals surface area contributed by atoms with Gasteiger partial charge in [-0.15, -0.1) is 0 Å². The second-order valence-electron chi connectivity index (χ2n) is 15.4. The summed E-state index contributed by atoms with van der Waals surface area (Å²) in [6, 6.07) is 11.7. The summed E-state index contributed by atoms with van der Waals surface area (Å²) in [6.07, 6.45) is 8.58. The monoisotopic (exact) mass is 791 g/mol. The molecule has 0 unspecified atom stereocenters. The SMILES string of the molecule is CS(=O)(=O)N[C@H](CCC1CCCCC1)C(=O)N1C[C@H](OC(=O)N2CCCCC2)C[C@H]1C(=O)C[C@@H](Cc1ccc(N=C(N)N)cc1)C(=O)c1nc2ccccc2o1. The van der Waals surface area contributed by atoms with Gasteiger partial charge >= 0.3 is 6.09 Å². The van der Waals surface area contributed by atoms with Crippen LogP contribution in [0.1, 0.15) is 93.3 Å². The number of likely N-dealkylation sites (tertiary alicyclic amines) is 2. The molecular formula is C40H53N7O8S. The molecule has 3 fully saturated rings. The van der Waals surface area contributed by atoms with Crippen LogP contribution in [0, 0.1) is 11.8 Å². The third-order valence-corrected chi connectivity index (χ3v) is 11.8. The van der Waals surface area contributed by atoms with Crippen LogP contribution in [-0.4, -0.2) is 96.8 Å². The van der Waals surface area contributed by atoms with Gasteiger partial charge in [-0.3, -0.25) is 14.4 Å². The fraction of sp³-hybridized carbons (Fsp3) is 0.550. The minimum Gasteiger partial charge on any atom is -0.444 e. The van der Waals surface area contributed by atoms with E-state index in [0.717, 1.165) is 63.2 Å². The number of guanidine groups is 1. The molecule has 2 amide bonds. The van der Waals surface area contributed by atoms with Crippen molar-refractivity contribution in [2.75, 3.05) is 25.9 Å². The Morgan fingerprint density at radius 2 is 1.68 bits per heavy atom. The highest BCUT2D eigenvalue weighted by Crippen LogP contribution is 2.31. The Hall–Kier alpha value is -4.83. The Bertz CT molecular complexity index is 1970. The van der Waals surface area contributed by atoms with Gasteiger partial charge in [0.15, 0.2) is 17.3 Å². The van der Waals surface area contributed by atoms with Crippen LogP contribution in [0.4, 0.5) is 10.5 Å². The number of carbonyl (C=O) groups is 4. The number of hydrogen-bond acceptors (Lipinski definition) is 10. The van der Waals surface area contributed by atoms with Gasteiger partial charge in [0.1, 0.15) is 17.7 Å². The first-order valence-electron chi connectivity index (χ1n) is 19.7. The van der Waals surface area contributed by atoms with Gasteiger partial charge in [0.05, 0.1) is 24.5 Å². The van der Waals surface area contributed by atoms with E-state index in [-0.39, 0.29) is 44.1 Å². The number of Topliss-reactive ketones (excluding diaryl/α,β-unsaturated/α-hetero) is 2. The molecule has 3 aliphatic rings. The number of carbonyl (C=O) groups excluding carboxylic acids is 4. The van der Waals surface area contributed by atoms with E-state index in [2.05, 4.69) is 14.7 Å². The van der Waals surface area contributed by atoms with Crippen molar-refractivity contribution >= 4 is 56.3 Å². The van der Waals surface area contributed by atoms with Gasteiger partial charge in [0.25, 0.3) is 5.89 Å². The number of rotatable bonds is 15. The van der Waals surface area contributed by atoms with Crippen molar-refractivity contribution in [3.8, 4) is 0 Å². The van der Waals surface area contributed by atoms with Crippen LogP contribution in [0.2, 0.25) is 0 Å². The number of nitrogens with two attached hydrogens (primary N) is 2. The largest absolute Gasteiger partial charge is 0.444 e. The molecule has 302 valence electrons. The Balaban J connectivity index is 1.27. The number of piperidine rings is 1. The lowest BCUT2D eigenvalue weighted by atomic mass is 9.85. The minimum absolute atomic E-state index is 0.00931. The van der Waals surface area contributed by atoms with E-state index < -0.39 is 57.7 Å². The van der Waals surface area contributed by atoms with Crippen LogP contribution in [0.15, 0.2) is 57.9 Å². The van der Waals surface area contributed by atoms with Crippen LogP contribution >= 0.6 is 0 Å². The van der Waals surface area contributed by atoms with Gasteiger partial charge in [0, 0.05) is 31.8 Å². The summed E-state index contributed by atoms with van der Waals surface area (Å²) >= 11 is 0. The summed E-state index contributed by atoms with van der Waals surface area (Å²) in [7, 11) is -3.81. The number of oxazole rings is 1. The number of para-hydroxylation sites is 2. The first-order chi connectivity index (χ1) is 26.8. The zero-order valence-corrected chi connectivity index (χ0v) is 32.8. The summed E-state index contributed by atoms with van der Waals surface area (Å²) < 4.78 is 39.5. The molecule has 2 aliphatic heterocycles.